The Labute approximate surface area is 81.5 Å². The quantitative estimate of drug-likeness (QED) is 0.655. The van der Waals surface area contributed by atoms with Crippen LogP contribution in [0.3, 0.4) is 0 Å². The summed E-state index contributed by atoms with van der Waals surface area (Å²) in [6.45, 7) is 3.12. The summed E-state index contributed by atoms with van der Waals surface area (Å²) in [6.07, 6.45) is 0.167. The van der Waals surface area contributed by atoms with Gasteiger partial charge in [-0.15, -0.1) is 0 Å². The molecule has 0 amide bonds. The molecule has 0 fully saturated rings. The third kappa shape index (κ3) is 2.45. The van der Waals surface area contributed by atoms with Crippen molar-refractivity contribution in [2.45, 2.75) is 26.7 Å². The fourth-order valence-corrected chi connectivity index (χ4v) is 1.24. The minimum Gasteiger partial charge on any atom is -0.550 e. The lowest BCUT2D eigenvalue weighted by molar-refractivity contribution is -0.305. The number of carbonyl (C=O) groups excluding carboxylic acids is 2. The highest BCUT2D eigenvalue weighted by Gasteiger charge is 2.10. The first kappa shape index (κ1) is 10.5. The van der Waals surface area contributed by atoms with Gasteiger partial charge in [0.15, 0.2) is 5.78 Å². The summed E-state index contributed by atoms with van der Waals surface area (Å²) in [5, 5.41) is 10.2. The fraction of sp³-hybridized carbons (Fsp3) is 0.400. The number of aliphatic carboxylic acids is 1. The Kier molecular flexibility index (Phi) is 3.06. The number of aryl methyl sites for hydroxylation is 2. The minimum absolute atomic E-state index is 0.0778. The van der Waals surface area contributed by atoms with Crippen LogP contribution in [0, 0.1) is 6.92 Å². The maximum Gasteiger partial charge on any atom is 0.163 e. The first-order chi connectivity index (χ1) is 6.50. The molecule has 0 atom stereocenters. The molecule has 0 unspecified atom stereocenters. The second-order valence-electron chi connectivity index (χ2n) is 3.11. The molecule has 0 aliphatic rings. The summed E-state index contributed by atoms with van der Waals surface area (Å²) in [5.74, 6) is -0.155. The molecule has 76 valence electrons. The van der Waals surface area contributed by atoms with Crippen molar-refractivity contribution in [1.29, 1.82) is 0 Å². The number of hydrogen-bond donors (Lipinski definition) is 0. The zero-order valence-corrected chi connectivity index (χ0v) is 8.12. The monoisotopic (exact) mass is 195 g/mol. The molecular weight excluding hydrogens is 184 g/mol. The highest BCUT2D eigenvalue weighted by Crippen LogP contribution is 2.16. The molecule has 1 heterocycles. The Morgan fingerprint density at radius 1 is 1.50 bits per heavy atom. The van der Waals surface area contributed by atoms with Crippen LogP contribution >= 0.6 is 0 Å². The van der Waals surface area contributed by atoms with Gasteiger partial charge in [-0.25, -0.2) is 0 Å². The molecule has 14 heavy (non-hydrogen) atoms. The zero-order chi connectivity index (χ0) is 10.7. The molecule has 1 aromatic rings. The molecule has 4 nitrogen and oxygen atoms in total. The predicted octanol–water partition coefficient (Wildman–Crippen LogP) is 0.473. The van der Waals surface area contributed by atoms with Crippen molar-refractivity contribution < 1.29 is 19.1 Å². The van der Waals surface area contributed by atoms with E-state index in [0.29, 0.717) is 17.1 Å². The Bertz CT molecular complexity index is 362. The summed E-state index contributed by atoms with van der Waals surface area (Å²) in [7, 11) is 0. The van der Waals surface area contributed by atoms with Crippen molar-refractivity contribution >= 4 is 11.8 Å². The molecule has 0 aromatic carbocycles. The van der Waals surface area contributed by atoms with Crippen molar-refractivity contribution in [1.82, 2.24) is 0 Å². The van der Waals surface area contributed by atoms with Gasteiger partial charge in [-0.2, -0.15) is 0 Å². The minimum atomic E-state index is -1.12. The topological polar surface area (TPSA) is 70.3 Å². The van der Waals surface area contributed by atoms with Crippen LogP contribution in [-0.4, -0.2) is 11.8 Å². The van der Waals surface area contributed by atoms with Gasteiger partial charge in [0, 0.05) is 12.4 Å². The molecule has 0 bridgehead atoms. The number of ketones is 1. The summed E-state index contributed by atoms with van der Waals surface area (Å²) < 4.78 is 5.21. The molecule has 4 heteroatoms. The van der Waals surface area contributed by atoms with Crippen LogP contribution in [0.25, 0.3) is 0 Å². The highest BCUT2D eigenvalue weighted by molar-refractivity contribution is 5.95. The maximum absolute atomic E-state index is 11.0. The van der Waals surface area contributed by atoms with Crippen molar-refractivity contribution in [3.63, 3.8) is 0 Å². The van der Waals surface area contributed by atoms with E-state index >= 15 is 0 Å². The first-order valence-corrected chi connectivity index (χ1v) is 4.31. The molecule has 1 rings (SSSR count). The molecule has 0 spiro atoms. The summed E-state index contributed by atoms with van der Waals surface area (Å²) in [6, 6.07) is 1.58. The Morgan fingerprint density at radius 3 is 2.57 bits per heavy atom. The van der Waals surface area contributed by atoms with Crippen LogP contribution in [0.1, 0.15) is 35.2 Å². The molecule has 0 aliphatic carbocycles. The SMILES string of the molecule is CC(=O)c1cc(CCC(=O)[O-])oc1C. The summed E-state index contributed by atoms with van der Waals surface area (Å²) >= 11 is 0. The molecule has 0 saturated heterocycles. The number of hydrogen-bond acceptors (Lipinski definition) is 4. The average Bonchev–Trinajstić information content (AvgIpc) is 2.43. The lowest BCUT2D eigenvalue weighted by Gasteiger charge is -1.97. The van der Waals surface area contributed by atoms with Crippen LogP contribution < -0.4 is 5.11 Å². The third-order valence-electron chi connectivity index (χ3n) is 1.92. The van der Waals surface area contributed by atoms with Gasteiger partial charge in [-0.1, -0.05) is 0 Å². The van der Waals surface area contributed by atoms with E-state index in [-0.39, 0.29) is 18.6 Å². The van der Waals surface area contributed by atoms with Crippen molar-refractivity contribution in [3.05, 3.63) is 23.2 Å². The summed E-state index contributed by atoms with van der Waals surface area (Å²) in [5.41, 5.74) is 0.512. The van der Waals surface area contributed by atoms with Crippen molar-refractivity contribution in [2.75, 3.05) is 0 Å². The maximum atomic E-state index is 11.0. The smallest absolute Gasteiger partial charge is 0.163 e. The fourth-order valence-electron chi connectivity index (χ4n) is 1.24. The number of carboxylic acids is 1. The van der Waals surface area contributed by atoms with Crippen LogP contribution in [0.4, 0.5) is 0 Å². The Hall–Kier alpha value is -1.58. The van der Waals surface area contributed by atoms with E-state index in [1.165, 1.54) is 6.92 Å². The summed E-state index contributed by atoms with van der Waals surface area (Å²) in [4.78, 5) is 21.2. The van der Waals surface area contributed by atoms with Crippen molar-refractivity contribution in [2.24, 2.45) is 0 Å². The van der Waals surface area contributed by atoms with Gasteiger partial charge in [-0.05, 0) is 26.3 Å². The van der Waals surface area contributed by atoms with Gasteiger partial charge in [0.1, 0.15) is 11.5 Å². The number of Topliss-reactive ketones (excluding diaryl/α,β-unsaturated/α-hetero) is 1. The molecule has 0 N–H and O–H groups in total. The second kappa shape index (κ2) is 4.09. The van der Waals surface area contributed by atoms with E-state index in [4.69, 9.17) is 4.42 Å². The van der Waals surface area contributed by atoms with E-state index in [0.717, 1.165) is 0 Å². The van der Waals surface area contributed by atoms with E-state index < -0.39 is 5.97 Å². The second-order valence-corrected chi connectivity index (χ2v) is 3.11. The molecule has 0 aliphatic heterocycles. The number of carbonyl (C=O) groups is 2. The third-order valence-corrected chi connectivity index (χ3v) is 1.92. The van der Waals surface area contributed by atoms with Gasteiger partial charge < -0.3 is 14.3 Å². The lowest BCUT2D eigenvalue weighted by atomic mass is 10.1. The van der Waals surface area contributed by atoms with Crippen LogP contribution in [0.5, 0.6) is 0 Å². The van der Waals surface area contributed by atoms with Gasteiger partial charge in [-0.3, -0.25) is 4.79 Å². The molecular formula is C10H11O4-. The van der Waals surface area contributed by atoms with Crippen LogP contribution in [-0.2, 0) is 11.2 Å². The molecule has 0 saturated carbocycles. The van der Waals surface area contributed by atoms with E-state index in [9.17, 15) is 14.7 Å². The van der Waals surface area contributed by atoms with E-state index in [1.54, 1.807) is 13.0 Å². The number of rotatable bonds is 4. The molecule has 0 radical (unpaired) electrons. The van der Waals surface area contributed by atoms with Gasteiger partial charge >= 0.3 is 0 Å². The Morgan fingerprint density at radius 2 is 2.14 bits per heavy atom. The van der Waals surface area contributed by atoms with E-state index in [1.807, 2.05) is 0 Å². The Balaban J connectivity index is 2.76. The standard InChI is InChI=1S/C10H12O4/c1-6(11)9-5-8(14-7(9)2)3-4-10(12)13/h5H,3-4H2,1-2H3,(H,12,13)/p-1. The van der Waals surface area contributed by atoms with E-state index in [2.05, 4.69) is 0 Å². The van der Waals surface area contributed by atoms with Crippen LogP contribution in [0.15, 0.2) is 10.5 Å². The van der Waals surface area contributed by atoms with Gasteiger partial charge in [0.2, 0.25) is 0 Å². The largest absolute Gasteiger partial charge is 0.550 e. The van der Waals surface area contributed by atoms with Crippen LogP contribution in [0.2, 0.25) is 0 Å². The average molecular weight is 195 g/mol. The molecule has 1 aromatic heterocycles. The first-order valence-electron chi connectivity index (χ1n) is 4.31. The zero-order valence-electron chi connectivity index (χ0n) is 8.12. The highest BCUT2D eigenvalue weighted by atomic mass is 16.4. The lowest BCUT2D eigenvalue weighted by Crippen LogP contribution is -2.22. The van der Waals surface area contributed by atoms with Crippen molar-refractivity contribution in [3.8, 4) is 0 Å². The predicted molar refractivity (Wildman–Crippen MR) is 46.8 cm³/mol. The normalized spacial score (nSPS) is 10.1. The number of furan rings is 1. The van der Waals surface area contributed by atoms with Gasteiger partial charge in [0.05, 0.1) is 5.56 Å². The van der Waals surface area contributed by atoms with Gasteiger partial charge in [0.25, 0.3) is 0 Å². The number of carboxylic acid groups (broad SMARTS) is 1.